The summed E-state index contributed by atoms with van der Waals surface area (Å²) in [5, 5.41) is 2.52. The van der Waals surface area contributed by atoms with Gasteiger partial charge in [-0.05, 0) is 30.0 Å². The smallest absolute Gasteiger partial charge is 0.241 e. The molecule has 0 aliphatic carbocycles. The van der Waals surface area contributed by atoms with Crippen molar-refractivity contribution in [3.63, 3.8) is 0 Å². The Bertz CT molecular complexity index is 424. The van der Waals surface area contributed by atoms with E-state index in [9.17, 15) is 9.18 Å². The van der Waals surface area contributed by atoms with Crippen LogP contribution in [-0.2, 0) is 4.79 Å². The summed E-state index contributed by atoms with van der Waals surface area (Å²) in [6.45, 7) is 7.43. The molecule has 0 saturated carbocycles. The Kier molecular flexibility index (Phi) is 3.88. The summed E-state index contributed by atoms with van der Waals surface area (Å²) in [7, 11) is 0. The van der Waals surface area contributed by atoms with E-state index in [0.717, 1.165) is 5.56 Å². The number of nitrogens with one attached hydrogen (secondary N) is 1. The number of halogens is 1. The van der Waals surface area contributed by atoms with E-state index in [1.54, 1.807) is 12.1 Å². The Balaban J connectivity index is 2.85. The molecular weight excluding hydrogens is 219 g/mol. The minimum Gasteiger partial charge on any atom is -0.322 e. The third-order valence-corrected chi connectivity index (χ3v) is 2.60. The van der Waals surface area contributed by atoms with E-state index in [2.05, 4.69) is 5.32 Å². The lowest BCUT2D eigenvalue weighted by molar-refractivity contribution is -0.119. The topological polar surface area (TPSA) is 55.1 Å². The van der Waals surface area contributed by atoms with Crippen molar-refractivity contribution in [2.45, 2.75) is 33.7 Å². The fourth-order valence-electron chi connectivity index (χ4n) is 1.34. The molecule has 0 heterocycles. The second kappa shape index (κ2) is 4.84. The highest BCUT2D eigenvalue weighted by Crippen LogP contribution is 2.20. The lowest BCUT2D eigenvalue weighted by Gasteiger charge is -2.25. The minimum atomic E-state index is -0.678. The number of anilines is 1. The fourth-order valence-corrected chi connectivity index (χ4v) is 1.34. The first-order valence-electron chi connectivity index (χ1n) is 5.54. The van der Waals surface area contributed by atoms with Gasteiger partial charge in [-0.25, -0.2) is 4.39 Å². The number of benzene rings is 1. The molecule has 1 amide bonds. The molecule has 94 valence electrons. The number of hydrogen-bond donors (Lipinski definition) is 2. The highest BCUT2D eigenvalue weighted by atomic mass is 19.1. The Labute approximate surface area is 101 Å². The van der Waals surface area contributed by atoms with Crippen LogP contribution in [0.1, 0.15) is 26.3 Å². The summed E-state index contributed by atoms with van der Waals surface area (Å²) in [6.07, 6.45) is 0. The van der Waals surface area contributed by atoms with Gasteiger partial charge in [0.05, 0.1) is 11.7 Å². The van der Waals surface area contributed by atoms with Crippen molar-refractivity contribution >= 4 is 11.6 Å². The van der Waals surface area contributed by atoms with E-state index < -0.39 is 11.9 Å². The summed E-state index contributed by atoms with van der Waals surface area (Å²) in [6, 6.07) is 3.88. The molecule has 3 N–H and O–H groups in total. The highest BCUT2D eigenvalue weighted by Gasteiger charge is 2.27. The molecule has 4 heteroatoms. The minimum absolute atomic E-state index is 0.176. The number of rotatable bonds is 2. The molecule has 1 unspecified atom stereocenters. The molecule has 1 aromatic carbocycles. The van der Waals surface area contributed by atoms with Crippen molar-refractivity contribution in [3.05, 3.63) is 29.6 Å². The number of carbonyl (C=O) groups excluding carboxylic acids is 1. The van der Waals surface area contributed by atoms with Gasteiger partial charge in [0.1, 0.15) is 5.82 Å². The van der Waals surface area contributed by atoms with Crippen LogP contribution in [0.25, 0.3) is 0 Å². The maximum atomic E-state index is 13.4. The first-order valence-corrected chi connectivity index (χ1v) is 5.54. The first kappa shape index (κ1) is 13.6. The Morgan fingerprint density at radius 2 is 2.00 bits per heavy atom. The molecule has 1 rings (SSSR count). The maximum Gasteiger partial charge on any atom is 0.241 e. The van der Waals surface area contributed by atoms with Crippen LogP contribution in [-0.4, -0.2) is 11.9 Å². The summed E-state index contributed by atoms with van der Waals surface area (Å²) in [4.78, 5) is 11.8. The van der Waals surface area contributed by atoms with E-state index in [4.69, 9.17) is 5.73 Å². The van der Waals surface area contributed by atoms with Gasteiger partial charge in [-0.15, -0.1) is 0 Å². The number of nitrogens with two attached hydrogens (primary N) is 1. The van der Waals surface area contributed by atoms with Gasteiger partial charge in [-0.2, -0.15) is 0 Å². The Morgan fingerprint density at radius 3 is 2.53 bits per heavy atom. The summed E-state index contributed by atoms with van der Waals surface area (Å²) < 4.78 is 13.4. The SMILES string of the molecule is Cc1ccc(F)c(NC(=O)C(N)C(C)(C)C)c1. The zero-order chi connectivity index (χ0) is 13.2. The number of amides is 1. The van der Waals surface area contributed by atoms with Crippen LogP contribution in [0.2, 0.25) is 0 Å². The quantitative estimate of drug-likeness (QED) is 0.831. The average molecular weight is 238 g/mol. The summed E-state index contributed by atoms with van der Waals surface area (Å²) >= 11 is 0. The average Bonchev–Trinajstić information content (AvgIpc) is 2.21. The van der Waals surface area contributed by atoms with Gasteiger partial charge in [-0.3, -0.25) is 4.79 Å². The molecule has 0 aliphatic heterocycles. The first-order chi connectivity index (χ1) is 7.71. The molecule has 0 spiro atoms. The van der Waals surface area contributed by atoms with E-state index in [-0.39, 0.29) is 17.0 Å². The summed E-state index contributed by atoms with van der Waals surface area (Å²) in [5.74, 6) is -0.827. The van der Waals surface area contributed by atoms with Gasteiger partial charge in [0, 0.05) is 0 Å². The zero-order valence-corrected chi connectivity index (χ0v) is 10.7. The normalized spacial score (nSPS) is 13.3. The standard InChI is InChI=1S/C13H19FN2O/c1-8-5-6-9(14)10(7-8)16-12(17)11(15)13(2,3)4/h5-7,11H,15H2,1-4H3,(H,16,17). The second-order valence-corrected chi connectivity index (χ2v) is 5.32. The molecule has 0 aromatic heterocycles. The van der Waals surface area contributed by atoms with Crippen molar-refractivity contribution in [1.29, 1.82) is 0 Å². The van der Waals surface area contributed by atoms with Gasteiger partial charge in [0.15, 0.2) is 0 Å². The maximum absolute atomic E-state index is 13.4. The van der Waals surface area contributed by atoms with Gasteiger partial charge in [0.2, 0.25) is 5.91 Å². The largest absolute Gasteiger partial charge is 0.322 e. The van der Waals surface area contributed by atoms with Crippen molar-refractivity contribution in [1.82, 2.24) is 0 Å². The van der Waals surface area contributed by atoms with Crippen molar-refractivity contribution in [2.75, 3.05) is 5.32 Å². The van der Waals surface area contributed by atoms with Gasteiger partial charge in [0.25, 0.3) is 0 Å². The zero-order valence-electron chi connectivity index (χ0n) is 10.7. The van der Waals surface area contributed by atoms with Gasteiger partial charge in [-0.1, -0.05) is 26.8 Å². The third kappa shape index (κ3) is 3.53. The van der Waals surface area contributed by atoms with E-state index in [0.29, 0.717) is 0 Å². The lowest BCUT2D eigenvalue weighted by atomic mass is 9.87. The monoisotopic (exact) mass is 238 g/mol. The molecule has 17 heavy (non-hydrogen) atoms. The molecule has 0 saturated heterocycles. The highest BCUT2D eigenvalue weighted by molar-refractivity contribution is 5.95. The molecule has 0 fully saturated rings. The predicted molar refractivity (Wildman–Crippen MR) is 67.2 cm³/mol. The Morgan fingerprint density at radius 1 is 1.41 bits per heavy atom. The van der Waals surface area contributed by atoms with Crippen LogP contribution in [0.15, 0.2) is 18.2 Å². The van der Waals surface area contributed by atoms with Crippen LogP contribution in [0.4, 0.5) is 10.1 Å². The predicted octanol–water partition coefficient (Wildman–Crippen LogP) is 2.45. The van der Waals surface area contributed by atoms with Crippen LogP contribution in [0.3, 0.4) is 0 Å². The molecule has 0 bridgehead atoms. The third-order valence-electron chi connectivity index (χ3n) is 2.60. The molecular formula is C13H19FN2O. The number of hydrogen-bond acceptors (Lipinski definition) is 2. The van der Waals surface area contributed by atoms with E-state index >= 15 is 0 Å². The summed E-state index contributed by atoms with van der Waals surface area (Å²) in [5.41, 5.74) is 6.50. The van der Waals surface area contributed by atoms with Crippen molar-refractivity contribution < 1.29 is 9.18 Å². The molecule has 0 radical (unpaired) electrons. The molecule has 3 nitrogen and oxygen atoms in total. The fraction of sp³-hybridized carbons (Fsp3) is 0.462. The van der Waals surface area contributed by atoms with Gasteiger partial charge < -0.3 is 11.1 Å². The molecule has 0 aliphatic rings. The number of aryl methyl sites for hydroxylation is 1. The van der Waals surface area contributed by atoms with E-state index in [1.807, 2.05) is 27.7 Å². The van der Waals surface area contributed by atoms with Crippen LogP contribution >= 0.6 is 0 Å². The van der Waals surface area contributed by atoms with Crippen molar-refractivity contribution in [2.24, 2.45) is 11.1 Å². The molecule has 1 atom stereocenters. The van der Waals surface area contributed by atoms with Crippen LogP contribution < -0.4 is 11.1 Å². The molecule has 1 aromatic rings. The van der Waals surface area contributed by atoms with Gasteiger partial charge >= 0.3 is 0 Å². The van der Waals surface area contributed by atoms with Crippen LogP contribution in [0.5, 0.6) is 0 Å². The lowest BCUT2D eigenvalue weighted by Crippen LogP contribution is -2.45. The van der Waals surface area contributed by atoms with E-state index in [1.165, 1.54) is 6.07 Å². The Hall–Kier alpha value is -1.42. The van der Waals surface area contributed by atoms with Crippen LogP contribution in [0, 0.1) is 18.2 Å². The van der Waals surface area contributed by atoms with Crippen molar-refractivity contribution in [3.8, 4) is 0 Å². The second-order valence-electron chi connectivity index (χ2n) is 5.32. The number of carbonyl (C=O) groups is 1.